The van der Waals surface area contributed by atoms with Crippen molar-refractivity contribution in [3.05, 3.63) is 0 Å². The SMILES string of the molecule is CC(C)C1CC2CCC(N2S)C(C)(C(C)(C)I)C1. The topological polar surface area (TPSA) is 3.24 Å². The third-order valence-corrected chi connectivity index (χ3v) is 7.60. The van der Waals surface area contributed by atoms with Gasteiger partial charge in [-0.3, -0.25) is 0 Å². The first-order chi connectivity index (χ1) is 8.17. The van der Waals surface area contributed by atoms with Gasteiger partial charge in [-0.05, 0) is 42.9 Å². The van der Waals surface area contributed by atoms with Crippen molar-refractivity contribution in [3.8, 4) is 0 Å². The van der Waals surface area contributed by atoms with Gasteiger partial charge in [-0.2, -0.15) is 0 Å². The monoisotopic (exact) mass is 381 g/mol. The van der Waals surface area contributed by atoms with Gasteiger partial charge in [0.15, 0.2) is 0 Å². The number of hydrogen-bond donors (Lipinski definition) is 1. The lowest BCUT2D eigenvalue weighted by molar-refractivity contribution is 0.115. The Labute approximate surface area is 132 Å². The zero-order valence-corrected chi connectivity index (χ0v) is 15.5. The van der Waals surface area contributed by atoms with E-state index in [0.29, 0.717) is 20.9 Å². The number of fused-ring (bicyclic) bond motifs is 2. The van der Waals surface area contributed by atoms with Crippen LogP contribution in [0, 0.1) is 17.3 Å². The molecule has 18 heavy (non-hydrogen) atoms. The summed E-state index contributed by atoms with van der Waals surface area (Å²) in [7, 11) is 0. The van der Waals surface area contributed by atoms with Gasteiger partial charge in [0.2, 0.25) is 0 Å². The Morgan fingerprint density at radius 2 is 1.94 bits per heavy atom. The van der Waals surface area contributed by atoms with Crippen molar-refractivity contribution in [1.29, 1.82) is 0 Å². The first kappa shape index (κ1) is 15.4. The zero-order chi connectivity index (χ0) is 13.7. The molecule has 2 aliphatic rings. The fourth-order valence-electron chi connectivity index (χ4n) is 3.97. The van der Waals surface area contributed by atoms with Gasteiger partial charge in [0, 0.05) is 15.5 Å². The van der Waals surface area contributed by atoms with Gasteiger partial charge in [0.1, 0.15) is 0 Å². The van der Waals surface area contributed by atoms with Crippen LogP contribution in [0.25, 0.3) is 0 Å². The molecule has 0 saturated carbocycles. The van der Waals surface area contributed by atoms with Crippen molar-refractivity contribution < 1.29 is 0 Å². The van der Waals surface area contributed by atoms with E-state index in [1.54, 1.807) is 0 Å². The van der Waals surface area contributed by atoms with Gasteiger partial charge in [-0.1, -0.05) is 70.0 Å². The summed E-state index contributed by atoms with van der Waals surface area (Å²) in [6.07, 6.45) is 5.39. The van der Waals surface area contributed by atoms with Crippen LogP contribution < -0.4 is 0 Å². The Balaban J connectivity index is 2.37. The van der Waals surface area contributed by atoms with Gasteiger partial charge in [0.05, 0.1) is 0 Å². The highest BCUT2D eigenvalue weighted by molar-refractivity contribution is 14.1. The molecule has 0 aromatic carbocycles. The number of hydrogen-bond acceptors (Lipinski definition) is 2. The van der Waals surface area contributed by atoms with E-state index in [9.17, 15) is 0 Å². The Hall–Kier alpha value is 1.04. The molecule has 0 aromatic heterocycles. The Morgan fingerprint density at radius 3 is 2.44 bits per heavy atom. The fraction of sp³-hybridized carbons (Fsp3) is 1.00. The number of thiol groups is 1. The third-order valence-electron chi connectivity index (χ3n) is 5.76. The second kappa shape index (κ2) is 5.10. The highest BCUT2D eigenvalue weighted by Crippen LogP contribution is 2.56. The van der Waals surface area contributed by atoms with E-state index in [4.69, 9.17) is 12.8 Å². The summed E-state index contributed by atoms with van der Waals surface area (Å²) in [5.41, 5.74) is 0.371. The van der Waals surface area contributed by atoms with Crippen molar-refractivity contribution >= 4 is 35.4 Å². The summed E-state index contributed by atoms with van der Waals surface area (Å²) in [4.78, 5) is 0. The predicted octanol–water partition coefficient (Wildman–Crippen LogP) is 4.95. The Bertz CT molecular complexity index is 312. The molecule has 0 aliphatic carbocycles. The molecule has 0 amide bonds. The molecule has 2 aliphatic heterocycles. The lowest BCUT2D eigenvalue weighted by atomic mass is 9.65. The molecule has 106 valence electrons. The molecule has 2 saturated heterocycles. The maximum Gasteiger partial charge on any atom is 0.0270 e. The van der Waals surface area contributed by atoms with Crippen molar-refractivity contribution in [2.45, 2.75) is 75.8 Å². The molecular weight excluding hydrogens is 353 g/mol. The maximum atomic E-state index is 4.87. The minimum Gasteiger partial charge on any atom is -0.247 e. The van der Waals surface area contributed by atoms with Crippen LogP contribution in [-0.2, 0) is 0 Å². The molecule has 3 heteroatoms. The number of rotatable bonds is 2. The van der Waals surface area contributed by atoms with Gasteiger partial charge < -0.3 is 0 Å². The Morgan fingerprint density at radius 1 is 1.33 bits per heavy atom. The molecule has 0 spiro atoms. The second-order valence-electron chi connectivity index (χ2n) is 7.46. The van der Waals surface area contributed by atoms with E-state index < -0.39 is 0 Å². The van der Waals surface area contributed by atoms with Gasteiger partial charge in [-0.15, -0.1) is 0 Å². The van der Waals surface area contributed by atoms with Crippen LogP contribution in [-0.4, -0.2) is 19.8 Å². The average molecular weight is 381 g/mol. The zero-order valence-electron chi connectivity index (χ0n) is 12.4. The lowest BCUT2D eigenvalue weighted by Crippen LogP contribution is -2.49. The number of nitrogens with zero attached hydrogens (tertiary/aromatic N) is 1. The summed E-state index contributed by atoms with van der Waals surface area (Å²) < 4.78 is 2.74. The molecule has 2 bridgehead atoms. The third kappa shape index (κ3) is 2.48. The van der Waals surface area contributed by atoms with Crippen LogP contribution >= 0.6 is 35.4 Å². The van der Waals surface area contributed by atoms with Crippen molar-refractivity contribution in [3.63, 3.8) is 0 Å². The number of alkyl halides is 1. The van der Waals surface area contributed by atoms with Crippen molar-refractivity contribution in [1.82, 2.24) is 4.31 Å². The van der Waals surface area contributed by atoms with E-state index in [-0.39, 0.29) is 0 Å². The minimum absolute atomic E-state index is 0.322. The predicted molar refractivity (Wildman–Crippen MR) is 91.4 cm³/mol. The molecule has 2 rings (SSSR count). The van der Waals surface area contributed by atoms with Crippen LogP contribution in [0.1, 0.15) is 60.3 Å². The van der Waals surface area contributed by atoms with Crippen LogP contribution in [0.5, 0.6) is 0 Å². The fourth-order valence-corrected chi connectivity index (χ4v) is 5.13. The van der Waals surface area contributed by atoms with E-state index in [1.165, 1.54) is 25.7 Å². The lowest BCUT2D eigenvalue weighted by Gasteiger charge is -2.48. The number of halogens is 1. The van der Waals surface area contributed by atoms with Crippen LogP contribution in [0.15, 0.2) is 0 Å². The van der Waals surface area contributed by atoms with Gasteiger partial charge in [-0.25, -0.2) is 4.31 Å². The van der Waals surface area contributed by atoms with Gasteiger partial charge >= 0.3 is 0 Å². The quantitative estimate of drug-likeness (QED) is 0.402. The smallest absolute Gasteiger partial charge is 0.0270 e. The molecule has 0 aromatic rings. The van der Waals surface area contributed by atoms with Crippen LogP contribution in [0.2, 0.25) is 0 Å². The van der Waals surface area contributed by atoms with E-state index in [1.807, 2.05) is 0 Å². The summed E-state index contributed by atoms with van der Waals surface area (Å²) in [6, 6.07) is 1.37. The van der Waals surface area contributed by atoms with Crippen molar-refractivity contribution in [2.75, 3.05) is 0 Å². The maximum absolute atomic E-state index is 4.87. The molecular formula is C15H28INS. The Kier molecular flexibility index (Phi) is 4.37. The first-order valence-corrected chi connectivity index (χ1v) is 8.81. The average Bonchev–Trinajstić information content (AvgIpc) is 2.50. The van der Waals surface area contributed by atoms with E-state index in [2.05, 4.69) is 61.5 Å². The molecule has 4 unspecified atom stereocenters. The van der Waals surface area contributed by atoms with Crippen molar-refractivity contribution in [2.24, 2.45) is 17.3 Å². The summed E-state index contributed by atoms with van der Waals surface area (Å²) >= 11 is 7.54. The standard InChI is InChI=1S/C15H28INS/c1-10(2)11-8-12-6-7-13(17(12)18)15(5,9-11)14(3,4)16/h10-13,18H,6-9H2,1-5H3. The summed E-state index contributed by atoms with van der Waals surface area (Å²) in [5, 5.41) is 0. The molecule has 2 fully saturated rings. The van der Waals surface area contributed by atoms with Crippen LogP contribution in [0.4, 0.5) is 0 Å². The van der Waals surface area contributed by atoms with E-state index in [0.717, 1.165) is 11.8 Å². The molecule has 4 atom stereocenters. The summed E-state index contributed by atoms with van der Waals surface area (Å²) in [5.74, 6) is 1.65. The normalized spacial score (nSPS) is 42.3. The highest BCUT2D eigenvalue weighted by Gasteiger charge is 2.54. The van der Waals surface area contributed by atoms with Gasteiger partial charge in [0.25, 0.3) is 0 Å². The summed E-state index contributed by atoms with van der Waals surface area (Å²) in [6.45, 7) is 12.1. The molecule has 0 radical (unpaired) electrons. The molecule has 2 heterocycles. The first-order valence-electron chi connectivity index (χ1n) is 7.33. The molecule has 0 N–H and O–H groups in total. The van der Waals surface area contributed by atoms with E-state index >= 15 is 0 Å². The second-order valence-corrected chi connectivity index (χ2v) is 10.6. The highest BCUT2D eigenvalue weighted by atomic mass is 127. The molecule has 1 nitrogen and oxygen atoms in total. The van der Waals surface area contributed by atoms with Crippen LogP contribution in [0.3, 0.4) is 0 Å². The minimum atomic E-state index is 0.322. The largest absolute Gasteiger partial charge is 0.247 e.